The van der Waals surface area contributed by atoms with Gasteiger partial charge in [0.15, 0.2) is 6.61 Å². The largest absolute Gasteiger partial charge is 0.484 e. The van der Waals surface area contributed by atoms with E-state index in [0.717, 1.165) is 0 Å². The van der Waals surface area contributed by atoms with Gasteiger partial charge in [0.1, 0.15) is 16.5 Å². The Morgan fingerprint density at radius 1 is 1.04 bits per heavy atom. The predicted molar refractivity (Wildman–Crippen MR) is 98.7 cm³/mol. The monoisotopic (exact) mass is 412 g/mol. The molecule has 0 N–H and O–H groups in total. The van der Waals surface area contributed by atoms with E-state index in [2.05, 4.69) is 0 Å². The summed E-state index contributed by atoms with van der Waals surface area (Å²) in [6.07, 6.45) is 0. The molecule has 27 heavy (non-hydrogen) atoms. The molecule has 1 fully saturated rings. The Bertz CT molecular complexity index is 913. The molecule has 0 aliphatic carbocycles. The van der Waals surface area contributed by atoms with Crippen LogP contribution in [0.5, 0.6) is 5.75 Å². The molecule has 1 saturated heterocycles. The predicted octanol–water partition coefficient (Wildman–Crippen LogP) is 2.39. The maximum Gasteiger partial charge on any atom is 0.260 e. The van der Waals surface area contributed by atoms with Crippen LogP contribution in [0.4, 0.5) is 4.39 Å². The summed E-state index contributed by atoms with van der Waals surface area (Å²) in [6.45, 7) is 0.680. The van der Waals surface area contributed by atoms with Crippen molar-refractivity contribution in [1.82, 2.24) is 9.21 Å². The number of carbonyl (C=O) groups is 1. The molecule has 0 radical (unpaired) electrons. The molecular weight excluding hydrogens is 395 g/mol. The van der Waals surface area contributed by atoms with Crippen molar-refractivity contribution in [2.24, 2.45) is 0 Å². The molecule has 9 heteroatoms. The first-order chi connectivity index (χ1) is 12.9. The summed E-state index contributed by atoms with van der Waals surface area (Å²) >= 11 is 6.01. The van der Waals surface area contributed by atoms with Crippen LogP contribution >= 0.6 is 11.6 Å². The van der Waals surface area contributed by atoms with E-state index in [9.17, 15) is 17.6 Å². The first-order valence-electron chi connectivity index (χ1n) is 8.29. The van der Waals surface area contributed by atoms with Crippen LogP contribution in [0.25, 0.3) is 0 Å². The van der Waals surface area contributed by atoms with Gasteiger partial charge in [0.25, 0.3) is 5.91 Å². The number of rotatable bonds is 5. The third-order valence-electron chi connectivity index (χ3n) is 4.22. The minimum absolute atomic E-state index is 0.0612. The van der Waals surface area contributed by atoms with Crippen molar-refractivity contribution in [1.29, 1.82) is 0 Å². The van der Waals surface area contributed by atoms with Gasteiger partial charge < -0.3 is 9.64 Å². The zero-order valence-corrected chi connectivity index (χ0v) is 15.9. The quantitative estimate of drug-likeness (QED) is 0.756. The average Bonchev–Trinajstić information content (AvgIpc) is 2.67. The van der Waals surface area contributed by atoms with Crippen LogP contribution in [-0.4, -0.2) is 56.3 Å². The van der Waals surface area contributed by atoms with Crippen LogP contribution in [0.3, 0.4) is 0 Å². The maximum atomic E-state index is 12.9. The number of hydrogen-bond donors (Lipinski definition) is 0. The maximum absolute atomic E-state index is 12.9. The van der Waals surface area contributed by atoms with Crippen LogP contribution in [0.15, 0.2) is 53.4 Å². The molecule has 1 aliphatic heterocycles. The highest BCUT2D eigenvalue weighted by Crippen LogP contribution is 2.25. The summed E-state index contributed by atoms with van der Waals surface area (Å²) < 4.78 is 44.9. The molecule has 1 amide bonds. The fraction of sp³-hybridized carbons (Fsp3) is 0.278. The topological polar surface area (TPSA) is 66.9 Å². The van der Waals surface area contributed by atoms with Crippen molar-refractivity contribution < 1.29 is 22.3 Å². The Kier molecular flexibility index (Phi) is 5.98. The summed E-state index contributed by atoms with van der Waals surface area (Å²) in [5.74, 6) is -0.247. The van der Waals surface area contributed by atoms with E-state index < -0.39 is 10.0 Å². The smallest absolute Gasteiger partial charge is 0.260 e. The summed E-state index contributed by atoms with van der Waals surface area (Å²) in [6, 6.07) is 11.7. The van der Waals surface area contributed by atoms with E-state index in [1.54, 1.807) is 17.0 Å². The van der Waals surface area contributed by atoms with Crippen molar-refractivity contribution in [3.8, 4) is 5.75 Å². The molecular formula is C18H18ClFN2O4S. The SMILES string of the molecule is O=C(COc1ccc(F)cc1)N1CCN(S(=O)(=O)c2ccccc2Cl)CC1. The first-order valence-corrected chi connectivity index (χ1v) is 10.1. The van der Waals surface area contributed by atoms with Gasteiger partial charge in [0.05, 0.1) is 5.02 Å². The van der Waals surface area contributed by atoms with E-state index in [4.69, 9.17) is 16.3 Å². The number of amides is 1. The Balaban J connectivity index is 1.56. The lowest BCUT2D eigenvalue weighted by molar-refractivity contribution is -0.134. The highest BCUT2D eigenvalue weighted by molar-refractivity contribution is 7.89. The number of piperazine rings is 1. The highest BCUT2D eigenvalue weighted by atomic mass is 35.5. The number of carbonyl (C=O) groups excluding carboxylic acids is 1. The summed E-state index contributed by atoms with van der Waals surface area (Å²) in [4.78, 5) is 13.9. The molecule has 0 saturated carbocycles. The molecule has 0 aromatic heterocycles. The van der Waals surface area contributed by atoms with Crippen molar-refractivity contribution in [2.45, 2.75) is 4.90 Å². The Morgan fingerprint density at radius 2 is 1.67 bits per heavy atom. The molecule has 2 aromatic carbocycles. The standard InChI is InChI=1S/C18H18ClFN2O4S/c19-16-3-1-2-4-17(16)27(24,25)22-11-9-21(10-12-22)18(23)13-26-15-7-5-14(20)6-8-15/h1-8H,9-13H2. The zero-order chi connectivity index (χ0) is 19.4. The summed E-state index contributed by atoms with van der Waals surface area (Å²) in [7, 11) is -3.70. The molecule has 1 aliphatic rings. The summed E-state index contributed by atoms with van der Waals surface area (Å²) in [5.41, 5.74) is 0. The highest BCUT2D eigenvalue weighted by Gasteiger charge is 2.31. The van der Waals surface area contributed by atoms with Crippen molar-refractivity contribution in [2.75, 3.05) is 32.8 Å². The van der Waals surface area contributed by atoms with Gasteiger partial charge in [-0.05, 0) is 36.4 Å². The fourth-order valence-corrected chi connectivity index (χ4v) is 4.65. The zero-order valence-electron chi connectivity index (χ0n) is 14.3. The van der Waals surface area contributed by atoms with Crippen LogP contribution in [-0.2, 0) is 14.8 Å². The van der Waals surface area contributed by atoms with Crippen molar-refractivity contribution in [3.05, 3.63) is 59.4 Å². The van der Waals surface area contributed by atoms with Crippen LogP contribution in [0.1, 0.15) is 0 Å². The fourth-order valence-electron chi connectivity index (χ4n) is 2.74. The molecule has 144 valence electrons. The lowest BCUT2D eigenvalue weighted by Gasteiger charge is -2.34. The van der Waals surface area contributed by atoms with Gasteiger partial charge in [-0.15, -0.1) is 0 Å². The first kappa shape index (κ1) is 19.6. The van der Waals surface area contributed by atoms with Crippen LogP contribution in [0.2, 0.25) is 5.02 Å². The number of hydrogen-bond acceptors (Lipinski definition) is 4. The van der Waals surface area contributed by atoms with Crippen LogP contribution in [0, 0.1) is 5.82 Å². The minimum Gasteiger partial charge on any atom is -0.484 e. The second-order valence-corrected chi connectivity index (χ2v) is 8.27. The van der Waals surface area contributed by atoms with E-state index in [1.165, 1.54) is 40.7 Å². The van der Waals surface area contributed by atoms with Crippen molar-refractivity contribution >= 4 is 27.5 Å². The average molecular weight is 413 g/mol. The minimum atomic E-state index is -3.70. The third kappa shape index (κ3) is 4.58. The second-order valence-electron chi connectivity index (χ2n) is 5.96. The number of benzene rings is 2. The Hall–Kier alpha value is -2.16. The number of halogens is 2. The van der Waals surface area contributed by atoms with Crippen molar-refractivity contribution in [3.63, 3.8) is 0 Å². The van der Waals surface area contributed by atoms with E-state index in [-0.39, 0.29) is 54.4 Å². The van der Waals surface area contributed by atoms with E-state index >= 15 is 0 Å². The molecule has 6 nitrogen and oxygen atoms in total. The molecule has 3 rings (SSSR count). The van der Waals surface area contributed by atoms with Gasteiger partial charge in [-0.3, -0.25) is 4.79 Å². The lowest BCUT2D eigenvalue weighted by atomic mass is 10.3. The number of nitrogens with zero attached hydrogens (tertiary/aromatic N) is 2. The lowest BCUT2D eigenvalue weighted by Crippen LogP contribution is -2.51. The van der Waals surface area contributed by atoms with E-state index in [0.29, 0.717) is 5.75 Å². The second kappa shape index (κ2) is 8.24. The van der Waals surface area contributed by atoms with Gasteiger partial charge >= 0.3 is 0 Å². The molecule has 2 aromatic rings. The molecule has 0 bridgehead atoms. The normalized spacial score (nSPS) is 15.6. The van der Waals surface area contributed by atoms with Gasteiger partial charge in [-0.25, -0.2) is 12.8 Å². The van der Waals surface area contributed by atoms with Crippen LogP contribution < -0.4 is 4.74 Å². The number of sulfonamides is 1. The van der Waals surface area contributed by atoms with Gasteiger partial charge in [-0.2, -0.15) is 4.31 Å². The summed E-state index contributed by atoms with van der Waals surface area (Å²) in [5, 5.41) is 0.170. The Labute approximate surface area is 162 Å². The Morgan fingerprint density at radius 3 is 2.30 bits per heavy atom. The number of ether oxygens (including phenoxy) is 1. The molecule has 0 unspecified atom stereocenters. The van der Waals surface area contributed by atoms with Gasteiger partial charge in [-0.1, -0.05) is 23.7 Å². The van der Waals surface area contributed by atoms with Gasteiger partial charge in [0.2, 0.25) is 10.0 Å². The third-order valence-corrected chi connectivity index (χ3v) is 6.62. The van der Waals surface area contributed by atoms with Gasteiger partial charge in [0, 0.05) is 26.2 Å². The van der Waals surface area contributed by atoms with E-state index in [1.807, 2.05) is 0 Å². The molecule has 1 heterocycles. The molecule has 0 atom stereocenters. The molecule has 0 spiro atoms.